The van der Waals surface area contributed by atoms with E-state index in [0.29, 0.717) is 41.6 Å². The zero-order valence-corrected chi connectivity index (χ0v) is 40.9. The Labute approximate surface area is 424 Å². The van der Waals surface area contributed by atoms with Crippen LogP contribution in [-0.4, -0.2) is 151 Å². The molecule has 14 N–H and O–H groups in total. The number of carbonyl (C=O) groups is 10. The van der Waals surface area contributed by atoms with Gasteiger partial charge in [0.25, 0.3) is 11.5 Å². The molecule has 1 heterocycles. The van der Waals surface area contributed by atoms with Gasteiger partial charge in [-0.2, -0.15) is 0 Å². The number of amides is 5. The quantitative estimate of drug-likeness (QED) is 0.0157. The van der Waals surface area contributed by atoms with Crippen molar-refractivity contribution in [1.29, 1.82) is 0 Å². The molecule has 0 spiro atoms. The van der Waals surface area contributed by atoms with Gasteiger partial charge in [0, 0.05) is 54.7 Å². The zero-order valence-electron chi connectivity index (χ0n) is 39.3. The highest BCUT2D eigenvalue weighted by atomic mass is 33.1. The monoisotopic (exact) mass is 1060 g/mol. The van der Waals surface area contributed by atoms with Crippen molar-refractivity contribution in [3.8, 4) is 12.3 Å². The molecule has 0 radical (unpaired) electrons. The van der Waals surface area contributed by atoms with E-state index in [0.717, 1.165) is 11.3 Å². The average molecular weight is 1060 g/mol. The fourth-order valence-corrected chi connectivity index (χ4v) is 8.42. The van der Waals surface area contributed by atoms with Gasteiger partial charge in [0.1, 0.15) is 30.8 Å². The molecule has 5 atom stereocenters. The molecule has 5 amide bonds. The number of carbonyl (C=O) groups excluding carboxylic acids is 6. The first kappa shape index (κ1) is 59.4. The fraction of sp³-hybridized carbons (Fsp3) is 0.422. The van der Waals surface area contributed by atoms with Crippen LogP contribution in [0.2, 0.25) is 0 Å². The summed E-state index contributed by atoms with van der Waals surface area (Å²) in [6, 6.07) is 4.22. The van der Waals surface area contributed by atoms with Crippen molar-refractivity contribution in [3.05, 3.63) is 63.9 Å². The summed E-state index contributed by atoms with van der Waals surface area (Å²) in [6.07, 6.45) is 3.01. The lowest BCUT2D eigenvalue weighted by molar-refractivity contribution is -0.145. The molecule has 0 bridgehead atoms. The number of fused-ring (bicyclic) bond motifs is 1. The van der Waals surface area contributed by atoms with Crippen LogP contribution in [-0.2, 0) is 54.4 Å². The molecule has 5 unspecified atom stereocenters. The molecule has 0 aliphatic rings. The second kappa shape index (κ2) is 30.1. The van der Waals surface area contributed by atoms with Crippen LogP contribution in [0, 0.1) is 12.3 Å². The van der Waals surface area contributed by atoms with Gasteiger partial charge in [-0.1, -0.05) is 40.5 Å². The molecule has 0 saturated carbocycles. The van der Waals surface area contributed by atoms with Crippen LogP contribution in [0.15, 0.2) is 47.3 Å². The molecular formula is C45H56N10O16S2. The number of nitrogen functional groups attached to an aromatic ring is 1. The van der Waals surface area contributed by atoms with Crippen molar-refractivity contribution in [2.45, 2.75) is 88.6 Å². The van der Waals surface area contributed by atoms with Crippen molar-refractivity contribution in [1.82, 2.24) is 36.6 Å². The maximum atomic E-state index is 13.1. The second-order valence-electron chi connectivity index (χ2n) is 15.8. The van der Waals surface area contributed by atoms with E-state index in [9.17, 15) is 68.1 Å². The van der Waals surface area contributed by atoms with Crippen molar-refractivity contribution in [2.24, 2.45) is 5.73 Å². The Morgan fingerprint density at radius 2 is 1.34 bits per heavy atom. The highest BCUT2D eigenvalue weighted by molar-refractivity contribution is 8.76. The number of aromatic nitrogens is 2. The van der Waals surface area contributed by atoms with Gasteiger partial charge in [-0.3, -0.25) is 52.9 Å². The first-order valence-electron chi connectivity index (χ1n) is 22.2. The molecule has 0 fully saturated rings. The van der Waals surface area contributed by atoms with E-state index in [2.05, 4.69) is 26.5 Å². The van der Waals surface area contributed by atoms with E-state index in [4.69, 9.17) is 27.7 Å². The Hall–Kier alpha value is -7.90. The Morgan fingerprint density at radius 1 is 0.781 bits per heavy atom. The number of aromatic amines is 1. The minimum absolute atomic E-state index is 0.0142. The Balaban J connectivity index is 1.42. The summed E-state index contributed by atoms with van der Waals surface area (Å²) in [4.78, 5) is 144. The van der Waals surface area contributed by atoms with Gasteiger partial charge in [0.05, 0.1) is 36.7 Å². The predicted molar refractivity (Wildman–Crippen MR) is 266 cm³/mol. The summed E-state index contributed by atoms with van der Waals surface area (Å²) >= 11 is 0. The van der Waals surface area contributed by atoms with E-state index in [-0.39, 0.29) is 55.2 Å². The number of terminal acetylenes is 1. The topological polar surface area (TPSA) is 422 Å². The number of nitrogens with zero attached hydrogens (tertiary/aromatic N) is 2. The van der Waals surface area contributed by atoms with Crippen molar-refractivity contribution >= 4 is 104 Å². The van der Waals surface area contributed by atoms with Crippen LogP contribution >= 0.6 is 21.6 Å². The van der Waals surface area contributed by atoms with Crippen LogP contribution in [0.25, 0.3) is 10.9 Å². The number of aliphatic carboxylic acids is 4. The summed E-state index contributed by atoms with van der Waals surface area (Å²) in [5.41, 5.74) is 13.0. The molecule has 26 nitrogen and oxygen atoms in total. The summed E-state index contributed by atoms with van der Waals surface area (Å²) in [5, 5.41) is 48.5. The molecule has 2 aromatic carbocycles. The maximum absolute atomic E-state index is 13.1. The molecule has 0 aliphatic heterocycles. The first-order chi connectivity index (χ1) is 34.6. The molecular weight excluding hydrogens is 1000 g/mol. The molecule has 73 heavy (non-hydrogen) atoms. The van der Waals surface area contributed by atoms with E-state index in [1.807, 2.05) is 33.8 Å². The number of H-pyrrole nitrogens is 1. The fourth-order valence-electron chi connectivity index (χ4n) is 6.60. The summed E-state index contributed by atoms with van der Waals surface area (Å²) < 4.78 is 5.30. The SMILES string of the molecule is C#CCN(Cc1ccc2nc(N)[nH]c(=O)c2c1)c1ccc(C(=O)NC(CC)CCC(=O)OCCSSCCC(=O)NC(CC(=O)O)C(=O)NC(CC(=O)O)C(=O)NC(CC(=O)O)C(=O)NC(CN)C(=O)O)cc1. The highest BCUT2D eigenvalue weighted by Gasteiger charge is 2.34. The van der Waals surface area contributed by atoms with Gasteiger partial charge in [-0.25, -0.2) is 9.78 Å². The largest absolute Gasteiger partial charge is 0.481 e. The average Bonchev–Trinajstić information content (AvgIpc) is 3.32. The Kier molecular flexibility index (Phi) is 24.5. The maximum Gasteiger partial charge on any atom is 0.327 e. The summed E-state index contributed by atoms with van der Waals surface area (Å²) in [6.45, 7) is 1.88. The van der Waals surface area contributed by atoms with Gasteiger partial charge >= 0.3 is 29.8 Å². The number of nitrogens with two attached hydrogens (primary N) is 2. The van der Waals surface area contributed by atoms with E-state index < -0.39 is 103 Å². The minimum Gasteiger partial charge on any atom is -0.481 e. The first-order valence-corrected chi connectivity index (χ1v) is 24.7. The smallest absolute Gasteiger partial charge is 0.327 e. The lowest BCUT2D eigenvalue weighted by Crippen LogP contribution is -2.59. The van der Waals surface area contributed by atoms with Crippen LogP contribution in [0.4, 0.5) is 11.6 Å². The summed E-state index contributed by atoms with van der Waals surface area (Å²) in [5.74, 6) is -8.99. The Bertz CT molecular complexity index is 2590. The number of carboxylic acid groups (broad SMARTS) is 4. The number of anilines is 2. The van der Waals surface area contributed by atoms with Crippen LogP contribution in [0.1, 0.15) is 67.8 Å². The van der Waals surface area contributed by atoms with E-state index in [1.54, 1.807) is 36.4 Å². The standard InChI is InChI=1S/C45H56N10O16S2/c1-3-14-55(23-24-5-11-29-28(18-24)40(65)54-45(47)53-29)27-9-6-25(7-10-27)39(64)48-26(4-2)8-12-38(63)71-15-17-73-72-16-13-34(56)49-30(19-35(57)58)41(66)50-31(20-36(59)60)42(67)51-32(21-37(61)62)43(68)52-33(22-46)44(69)70/h1,5-7,9-11,18,26,30-33H,4,8,12-17,19-23,46H2,2H3,(H,48,64)(H,49,56)(H,50,66)(H,51,67)(H,52,68)(H,57,58)(H,59,60)(H,61,62)(H,69,70)(H3,47,53,54,65). The summed E-state index contributed by atoms with van der Waals surface area (Å²) in [7, 11) is 2.44. The third-order valence-electron chi connectivity index (χ3n) is 10.3. The number of benzene rings is 2. The number of hydrogen-bond donors (Lipinski definition) is 12. The van der Waals surface area contributed by atoms with Crippen molar-refractivity contribution in [2.75, 3.05) is 41.8 Å². The predicted octanol–water partition coefficient (Wildman–Crippen LogP) is -0.845. The number of carboxylic acids is 4. The molecule has 0 saturated heterocycles. The van der Waals surface area contributed by atoms with Gasteiger partial charge in [0.15, 0.2) is 0 Å². The number of nitrogens with one attached hydrogen (secondary N) is 6. The van der Waals surface area contributed by atoms with Gasteiger partial charge < -0.3 is 68.1 Å². The zero-order chi connectivity index (χ0) is 54.2. The van der Waals surface area contributed by atoms with E-state index >= 15 is 0 Å². The number of ether oxygens (including phenoxy) is 1. The molecule has 28 heteroatoms. The van der Waals surface area contributed by atoms with Crippen LogP contribution in [0.3, 0.4) is 0 Å². The molecule has 3 rings (SSSR count). The highest BCUT2D eigenvalue weighted by Crippen LogP contribution is 2.22. The van der Waals surface area contributed by atoms with Crippen molar-refractivity contribution < 1.29 is 73.1 Å². The van der Waals surface area contributed by atoms with Gasteiger partial charge in [-0.05, 0) is 54.8 Å². The lowest BCUT2D eigenvalue weighted by Gasteiger charge is -2.24. The van der Waals surface area contributed by atoms with Gasteiger partial charge in [-0.15, -0.1) is 6.42 Å². The number of hydrogen-bond acceptors (Lipinski definition) is 18. The third-order valence-corrected chi connectivity index (χ3v) is 12.7. The minimum atomic E-state index is -2.03. The van der Waals surface area contributed by atoms with Crippen LogP contribution in [0.5, 0.6) is 0 Å². The normalized spacial score (nSPS) is 12.8. The third kappa shape index (κ3) is 20.8. The van der Waals surface area contributed by atoms with Gasteiger partial charge in [0.2, 0.25) is 29.6 Å². The van der Waals surface area contributed by atoms with Crippen LogP contribution < -0.4 is 48.5 Å². The molecule has 394 valence electrons. The molecule has 0 aliphatic carbocycles. The number of rotatable bonds is 32. The lowest BCUT2D eigenvalue weighted by atomic mass is 10.1. The second-order valence-corrected chi connectivity index (χ2v) is 18.5. The van der Waals surface area contributed by atoms with Crippen molar-refractivity contribution in [3.63, 3.8) is 0 Å². The Morgan fingerprint density at radius 3 is 1.88 bits per heavy atom. The molecule has 1 aromatic heterocycles. The van der Waals surface area contributed by atoms with E-state index in [1.165, 1.54) is 21.6 Å². The number of esters is 1. The molecule has 3 aromatic rings.